The van der Waals surface area contributed by atoms with Gasteiger partial charge in [-0.05, 0) is 62.6 Å². The highest BCUT2D eigenvalue weighted by Crippen LogP contribution is 2.31. The van der Waals surface area contributed by atoms with Crippen LogP contribution in [0.2, 0.25) is 0 Å². The Labute approximate surface area is 221 Å². The number of hydrogen-bond acceptors (Lipinski definition) is 4. The molecule has 2 unspecified atom stereocenters. The quantitative estimate of drug-likeness (QED) is 0.331. The van der Waals surface area contributed by atoms with Gasteiger partial charge in [-0.2, -0.15) is 0 Å². The van der Waals surface area contributed by atoms with E-state index in [2.05, 4.69) is 41.3 Å². The highest BCUT2D eigenvalue weighted by molar-refractivity contribution is 7.82. The first-order chi connectivity index (χ1) is 17.2. The number of aliphatic carboxylic acids is 1. The van der Waals surface area contributed by atoms with Gasteiger partial charge in [0.15, 0.2) is 5.60 Å². The summed E-state index contributed by atoms with van der Waals surface area (Å²) in [5.74, 6) is -0.106. The van der Waals surface area contributed by atoms with Crippen molar-refractivity contribution in [3.8, 4) is 5.75 Å². The second kappa shape index (κ2) is 12.7. The molecule has 0 amide bonds. The molecule has 1 N–H and O–H groups in total. The van der Waals surface area contributed by atoms with Crippen LogP contribution in [0.25, 0.3) is 0 Å². The average molecular weight is 531 g/mol. The molecule has 0 bridgehead atoms. The zero-order valence-corrected chi connectivity index (χ0v) is 22.9. The topological polar surface area (TPSA) is 70.1 Å². The molecule has 1 saturated heterocycles. The molecule has 1 aliphatic rings. The molecule has 2 aromatic carbocycles. The van der Waals surface area contributed by atoms with Crippen LogP contribution >= 0.6 is 11.6 Å². The Kier molecular flexibility index (Phi) is 9.91. The minimum absolute atomic E-state index is 0.0996. The van der Waals surface area contributed by atoms with Crippen molar-refractivity contribution in [3.05, 3.63) is 83.5 Å². The average Bonchev–Trinajstić information content (AvgIpc) is 2.88. The largest absolute Gasteiger partial charge is 0.478 e. The Bertz CT molecular complexity index is 1130. The summed E-state index contributed by atoms with van der Waals surface area (Å²) in [7, 11) is -1.32. The van der Waals surface area contributed by atoms with E-state index in [1.54, 1.807) is 12.1 Å². The van der Waals surface area contributed by atoms with Crippen LogP contribution in [-0.4, -0.2) is 62.1 Å². The van der Waals surface area contributed by atoms with Gasteiger partial charge in [0.25, 0.3) is 0 Å². The van der Waals surface area contributed by atoms with E-state index in [1.807, 2.05) is 36.4 Å². The highest BCUT2D eigenvalue weighted by Gasteiger charge is 2.31. The summed E-state index contributed by atoms with van der Waals surface area (Å²) < 4.78 is 21.0. The minimum Gasteiger partial charge on any atom is -0.478 e. The van der Waals surface area contributed by atoms with E-state index >= 15 is 0 Å². The maximum Gasteiger partial charge on any atom is 0.347 e. The molecule has 6 nitrogen and oxygen atoms in total. The molecule has 36 heavy (non-hydrogen) atoms. The molecule has 2 aromatic rings. The number of allylic oxidation sites excluding steroid dienone is 2. The first kappa shape index (κ1) is 28.1. The molecule has 0 saturated carbocycles. The molecule has 2 atom stereocenters. The Hall–Kier alpha value is -2.45. The van der Waals surface area contributed by atoms with Crippen LogP contribution in [0.15, 0.2) is 77.2 Å². The number of nitrogens with zero attached hydrogens (tertiary/aromatic N) is 2. The second-order valence-corrected chi connectivity index (χ2v) is 11.0. The van der Waals surface area contributed by atoms with Crippen LogP contribution in [0, 0.1) is 6.92 Å². The van der Waals surface area contributed by atoms with Crippen molar-refractivity contribution in [1.29, 1.82) is 0 Å². The third-order valence-corrected chi connectivity index (χ3v) is 7.93. The lowest BCUT2D eigenvalue weighted by Crippen LogP contribution is -2.48. The molecular weight excluding hydrogens is 496 g/mol. The highest BCUT2D eigenvalue weighted by atomic mass is 35.5. The van der Waals surface area contributed by atoms with Gasteiger partial charge in [-0.3, -0.25) is 4.90 Å². The van der Waals surface area contributed by atoms with Crippen molar-refractivity contribution in [2.45, 2.75) is 44.2 Å². The third-order valence-electron chi connectivity index (χ3n) is 6.26. The van der Waals surface area contributed by atoms with Gasteiger partial charge in [0.2, 0.25) is 0 Å². The Morgan fingerprint density at radius 3 is 2.39 bits per heavy atom. The fourth-order valence-electron chi connectivity index (χ4n) is 4.22. The normalized spacial score (nSPS) is 17.8. The van der Waals surface area contributed by atoms with Crippen molar-refractivity contribution < 1.29 is 18.8 Å². The van der Waals surface area contributed by atoms with Crippen molar-refractivity contribution >= 4 is 28.6 Å². The number of hydrogen-bond donors (Lipinski definition) is 1. The van der Waals surface area contributed by atoms with E-state index in [1.165, 1.54) is 25.0 Å². The lowest BCUT2D eigenvalue weighted by molar-refractivity contribution is -0.152. The maximum atomic E-state index is 13.4. The number of aryl methyl sites for hydroxylation is 1. The van der Waals surface area contributed by atoms with Gasteiger partial charge in [0.1, 0.15) is 16.7 Å². The summed E-state index contributed by atoms with van der Waals surface area (Å²) in [6, 6.07) is 15.8. The number of benzene rings is 2. The molecule has 3 rings (SSSR count). The summed E-state index contributed by atoms with van der Waals surface area (Å²) in [6.45, 7) is 9.76. The van der Waals surface area contributed by atoms with E-state index in [9.17, 15) is 14.1 Å². The molecule has 8 heteroatoms. The van der Waals surface area contributed by atoms with Crippen LogP contribution in [0.4, 0.5) is 0 Å². The number of carboxylic acids is 1. The van der Waals surface area contributed by atoms with Crippen LogP contribution in [0.1, 0.15) is 37.9 Å². The summed E-state index contributed by atoms with van der Waals surface area (Å²) >= 11 is 5.92. The van der Waals surface area contributed by atoms with Gasteiger partial charge >= 0.3 is 5.97 Å². The standard InChI is InChI=1S/C28H35ClN2O4S/c1-5-22(12-9-15-29)26(23-10-7-6-8-11-23)30-16-18-31(19-17-30)36(34)24-13-14-25(21(2)20-24)35-28(3,4)27(32)33/h5-14,20,26H,15-19H2,1-4H3,(H,32,33)/b12-9-,22-5+. The predicted molar refractivity (Wildman–Crippen MR) is 146 cm³/mol. The fourth-order valence-corrected chi connectivity index (χ4v) is 5.56. The van der Waals surface area contributed by atoms with Crippen molar-refractivity contribution in [2.24, 2.45) is 0 Å². The van der Waals surface area contributed by atoms with E-state index in [0.29, 0.717) is 29.6 Å². The first-order valence-corrected chi connectivity index (χ1v) is 13.7. The smallest absolute Gasteiger partial charge is 0.347 e. The first-order valence-electron chi connectivity index (χ1n) is 12.1. The van der Waals surface area contributed by atoms with Crippen LogP contribution in [0.3, 0.4) is 0 Å². The Morgan fingerprint density at radius 1 is 1.17 bits per heavy atom. The molecular formula is C28H35ClN2O4S. The second-order valence-electron chi connectivity index (χ2n) is 9.22. The van der Waals surface area contributed by atoms with Gasteiger partial charge in [-0.15, -0.1) is 11.6 Å². The van der Waals surface area contributed by atoms with Crippen LogP contribution in [-0.2, 0) is 15.8 Å². The summed E-state index contributed by atoms with van der Waals surface area (Å²) in [6.07, 6.45) is 6.18. The van der Waals surface area contributed by atoms with E-state index < -0.39 is 22.6 Å². The number of rotatable bonds is 10. The van der Waals surface area contributed by atoms with Crippen LogP contribution < -0.4 is 4.74 Å². The van der Waals surface area contributed by atoms with Gasteiger partial charge in [0, 0.05) is 32.1 Å². The Balaban J connectivity index is 1.73. The molecule has 0 radical (unpaired) electrons. The lowest BCUT2D eigenvalue weighted by atomic mass is 9.95. The number of ether oxygens (including phenoxy) is 1. The fraction of sp³-hybridized carbons (Fsp3) is 0.393. The van der Waals surface area contributed by atoms with E-state index in [-0.39, 0.29) is 6.04 Å². The van der Waals surface area contributed by atoms with Gasteiger partial charge in [-0.25, -0.2) is 13.3 Å². The molecule has 0 spiro atoms. The molecule has 194 valence electrons. The zero-order chi connectivity index (χ0) is 26.3. The summed E-state index contributed by atoms with van der Waals surface area (Å²) in [5, 5.41) is 9.33. The van der Waals surface area contributed by atoms with Crippen molar-refractivity contribution in [3.63, 3.8) is 0 Å². The minimum atomic E-state index is -1.35. The predicted octanol–water partition coefficient (Wildman–Crippen LogP) is 5.36. The summed E-state index contributed by atoms with van der Waals surface area (Å²) in [5.41, 5.74) is 1.81. The van der Waals surface area contributed by atoms with Gasteiger partial charge < -0.3 is 9.84 Å². The van der Waals surface area contributed by atoms with E-state index in [4.69, 9.17) is 16.3 Å². The molecule has 1 heterocycles. The van der Waals surface area contributed by atoms with Crippen LogP contribution in [0.5, 0.6) is 5.75 Å². The van der Waals surface area contributed by atoms with Gasteiger partial charge in [0.05, 0.1) is 10.9 Å². The monoisotopic (exact) mass is 530 g/mol. The molecule has 1 fully saturated rings. The zero-order valence-electron chi connectivity index (χ0n) is 21.3. The summed E-state index contributed by atoms with van der Waals surface area (Å²) in [4.78, 5) is 14.5. The van der Waals surface area contributed by atoms with E-state index in [0.717, 1.165) is 18.7 Å². The Morgan fingerprint density at radius 2 is 1.83 bits per heavy atom. The number of alkyl halides is 1. The molecule has 0 aliphatic carbocycles. The maximum absolute atomic E-state index is 13.4. The SMILES string of the molecule is C/C=C(\C=C/CCl)C(c1ccccc1)N1CCN(S(=O)c2ccc(OC(C)(C)C(=O)O)c(C)c2)CC1. The number of carbonyl (C=O) groups is 1. The van der Waals surface area contributed by atoms with Crippen molar-refractivity contribution in [1.82, 2.24) is 9.21 Å². The molecule has 0 aromatic heterocycles. The third kappa shape index (κ3) is 6.85. The number of halogens is 1. The van der Waals surface area contributed by atoms with Gasteiger partial charge in [-0.1, -0.05) is 48.6 Å². The lowest BCUT2D eigenvalue weighted by Gasteiger charge is -2.39. The molecule has 1 aliphatic heterocycles. The number of piperazine rings is 1. The number of carboxylic acid groups (broad SMARTS) is 1. The van der Waals surface area contributed by atoms with Crippen molar-refractivity contribution in [2.75, 3.05) is 32.1 Å².